The zero-order valence-corrected chi connectivity index (χ0v) is 25.3. The number of fused-ring (bicyclic) bond motifs is 1. The van der Waals surface area contributed by atoms with Crippen LogP contribution in [0.2, 0.25) is 0 Å². The normalized spacial score (nSPS) is 11.8. The first kappa shape index (κ1) is 28.7. The molecule has 214 valence electrons. The molecule has 0 aliphatic heterocycles. The van der Waals surface area contributed by atoms with Crippen LogP contribution in [-0.2, 0) is 27.6 Å². The Morgan fingerprint density at radius 2 is 1.78 bits per heavy atom. The minimum absolute atomic E-state index is 0.149. The van der Waals surface area contributed by atoms with E-state index in [0.29, 0.717) is 34.7 Å². The molecule has 0 fully saturated rings. The van der Waals surface area contributed by atoms with E-state index in [1.807, 2.05) is 43.3 Å². The lowest BCUT2D eigenvalue weighted by Crippen LogP contribution is -2.34. The Hall–Kier alpha value is -3.80. The van der Waals surface area contributed by atoms with Gasteiger partial charge in [0.05, 0.1) is 5.52 Å². The molecule has 0 radical (unpaired) electrons. The average molecular weight is 593 g/mol. The highest BCUT2D eigenvalue weighted by molar-refractivity contribution is 7.94. The molecule has 0 saturated carbocycles. The van der Waals surface area contributed by atoms with Gasteiger partial charge in [0.25, 0.3) is 15.6 Å². The Morgan fingerprint density at radius 1 is 1.02 bits per heavy atom. The molecular formula is C30H32N4O5S2. The average Bonchev–Trinajstić information content (AvgIpc) is 3.60. The van der Waals surface area contributed by atoms with E-state index in [2.05, 4.69) is 12.1 Å². The number of rotatable bonds is 10. The lowest BCUT2D eigenvalue weighted by Gasteiger charge is -2.22. The van der Waals surface area contributed by atoms with E-state index in [0.717, 1.165) is 50.8 Å². The van der Waals surface area contributed by atoms with Crippen molar-refractivity contribution in [1.82, 2.24) is 14.7 Å². The molecule has 0 amide bonds. The third-order valence-corrected chi connectivity index (χ3v) is 10.3. The summed E-state index contributed by atoms with van der Waals surface area (Å²) in [5, 5.41) is 6.69. The van der Waals surface area contributed by atoms with Gasteiger partial charge in [0.1, 0.15) is 16.7 Å². The van der Waals surface area contributed by atoms with Crippen molar-refractivity contribution < 1.29 is 17.7 Å². The first-order chi connectivity index (χ1) is 19.7. The Bertz CT molecular complexity index is 1870. The van der Waals surface area contributed by atoms with Crippen molar-refractivity contribution in [2.24, 2.45) is 0 Å². The van der Waals surface area contributed by atoms with Gasteiger partial charge in [-0.15, -0.1) is 11.3 Å². The molecule has 0 bridgehead atoms. The maximum atomic E-state index is 14.0. The highest BCUT2D eigenvalue weighted by Gasteiger charge is 2.33. The third-order valence-electron chi connectivity index (χ3n) is 7.09. The second-order valence-electron chi connectivity index (χ2n) is 9.54. The number of sulfonamides is 1. The fourth-order valence-corrected chi connectivity index (χ4v) is 7.58. The number of ether oxygens (including phenoxy) is 1. The number of benzene rings is 1. The zero-order valence-electron chi connectivity index (χ0n) is 23.7. The second kappa shape index (κ2) is 11.6. The largest absolute Gasteiger partial charge is 0.360 e. The van der Waals surface area contributed by atoms with Crippen LogP contribution in [0.3, 0.4) is 0 Å². The molecule has 0 aliphatic rings. The first-order valence-electron chi connectivity index (χ1n) is 13.5. The molecule has 0 aliphatic carbocycles. The minimum atomic E-state index is -4.04. The summed E-state index contributed by atoms with van der Waals surface area (Å²) in [6, 6.07) is 14.5. The van der Waals surface area contributed by atoms with Crippen LogP contribution >= 0.6 is 11.3 Å². The summed E-state index contributed by atoms with van der Waals surface area (Å²) >= 11 is 1.13. The molecule has 1 aromatic carbocycles. The van der Waals surface area contributed by atoms with E-state index >= 15 is 0 Å². The van der Waals surface area contributed by atoms with Crippen LogP contribution in [0.5, 0.6) is 0 Å². The van der Waals surface area contributed by atoms with E-state index in [9.17, 15) is 13.2 Å². The van der Waals surface area contributed by atoms with Crippen molar-refractivity contribution in [1.29, 1.82) is 0 Å². The van der Waals surface area contributed by atoms with Gasteiger partial charge in [-0.05, 0) is 74.9 Å². The van der Waals surface area contributed by atoms with E-state index in [1.165, 1.54) is 0 Å². The molecule has 11 heteroatoms. The molecule has 0 saturated heterocycles. The molecular weight excluding hydrogens is 560 g/mol. The SMILES string of the molecule is CCOCN(c1noc(C)c1C)S(=O)(=O)c1sccc1-c1ccc(-n2c(=O)ccc3c(CC)nc(CC)cc32)cc1. The molecule has 0 atom stereocenters. The molecule has 4 aromatic heterocycles. The summed E-state index contributed by atoms with van der Waals surface area (Å²) in [7, 11) is -4.04. The number of aryl methyl sites for hydroxylation is 3. The number of hydrogen-bond donors (Lipinski definition) is 0. The van der Waals surface area contributed by atoms with E-state index in [-0.39, 0.29) is 22.3 Å². The van der Waals surface area contributed by atoms with Gasteiger partial charge < -0.3 is 9.26 Å². The zero-order chi connectivity index (χ0) is 29.3. The predicted octanol–water partition coefficient (Wildman–Crippen LogP) is 6.03. The number of aromatic nitrogens is 3. The standard InChI is InChI=1S/C30H32N4O5S2/c1-6-22-17-27-25(26(7-2)31-22)13-14-28(35)34(27)23-11-9-21(10-12-23)24-15-16-40-30(24)41(36,37)33(18-38-8-3)29-19(4)20(5)39-32-29/h9-17H,6-8,18H2,1-5H3. The lowest BCUT2D eigenvalue weighted by molar-refractivity contribution is 0.156. The first-order valence-corrected chi connectivity index (χ1v) is 15.8. The second-order valence-corrected chi connectivity index (χ2v) is 12.5. The maximum Gasteiger partial charge on any atom is 0.277 e. The quantitative estimate of drug-likeness (QED) is 0.182. The van der Waals surface area contributed by atoms with Crippen LogP contribution in [-0.4, -0.2) is 36.5 Å². The van der Waals surface area contributed by atoms with Crippen molar-refractivity contribution >= 4 is 38.1 Å². The summed E-state index contributed by atoms with van der Waals surface area (Å²) in [6.45, 7) is 9.54. The molecule has 9 nitrogen and oxygen atoms in total. The Balaban J connectivity index is 1.58. The molecule has 0 spiro atoms. The van der Waals surface area contributed by atoms with Crippen molar-refractivity contribution in [3.05, 3.63) is 87.0 Å². The highest BCUT2D eigenvalue weighted by Crippen LogP contribution is 2.37. The molecule has 0 N–H and O–H groups in total. The minimum Gasteiger partial charge on any atom is -0.360 e. The van der Waals surface area contributed by atoms with Gasteiger partial charge in [0.2, 0.25) is 0 Å². The van der Waals surface area contributed by atoms with E-state index in [4.69, 9.17) is 14.2 Å². The summed E-state index contributed by atoms with van der Waals surface area (Å²) < 4.78 is 41.7. The number of hydrogen-bond acceptors (Lipinski definition) is 8. The topological polar surface area (TPSA) is 108 Å². The van der Waals surface area contributed by atoms with Crippen molar-refractivity contribution in [3.63, 3.8) is 0 Å². The Morgan fingerprint density at radius 3 is 2.41 bits per heavy atom. The highest BCUT2D eigenvalue weighted by atomic mass is 32.2. The maximum absolute atomic E-state index is 14.0. The number of thiophene rings is 1. The van der Waals surface area contributed by atoms with Gasteiger partial charge >= 0.3 is 0 Å². The number of nitrogens with zero attached hydrogens (tertiary/aromatic N) is 4. The Kier molecular flexibility index (Phi) is 8.12. The molecule has 0 unspecified atom stereocenters. The summed E-state index contributed by atoms with van der Waals surface area (Å²) in [5.41, 5.74) is 5.10. The lowest BCUT2D eigenvalue weighted by atomic mass is 10.1. The van der Waals surface area contributed by atoms with Gasteiger partial charge in [-0.25, -0.2) is 12.7 Å². The molecule has 41 heavy (non-hydrogen) atoms. The van der Waals surface area contributed by atoms with Crippen LogP contribution < -0.4 is 9.86 Å². The fourth-order valence-electron chi connectivity index (χ4n) is 4.74. The van der Waals surface area contributed by atoms with Crippen LogP contribution in [0, 0.1) is 13.8 Å². The molecule has 5 aromatic rings. The number of anilines is 1. The monoisotopic (exact) mass is 592 g/mol. The van der Waals surface area contributed by atoms with E-state index in [1.54, 1.807) is 42.9 Å². The summed E-state index contributed by atoms with van der Waals surface area (Å²) in [4.78, 5) is 17.8. The van der Waals surface area contributed by atoms with Crippen molar-refractivity contribution in [2.45, 2.75) is 51.7 Å². The van der Waals surface area contributed by atoms with Gasteiger partial charge in [0, 0.05) is 46.3 Å². The molecule has 4 heterocycles. The molecule has 5 rings (SSSR count). The number of pyridine rings is 2. The predicted molar refractivity (Wildman–Crippen MR) is 162 cm³/mol. The summed E-state index contributed by atoms with van der Waals surface area (Å²) in [5.74, 6) is 0.739. The van der Waals surface area contributed by atoms with Gasteiger partial charge in [-0.2, -0.15) is 0 Å². The van der Waals surface area contributed by atoms with E-state index < -0.39 is 10.0 Å². The van der Waals surface area contributed by atoms with Crippen molar-refractivity contribution in [3.8, 4) is 16.8 Å². The van der Waals surface area contributed by atoms with Crippen LogP contribution in [0.15, 0.2) is 67.4 Å². The van der Waals surface area contributed by atoms with Gasteiger partial charge in [-0.1, -0.05) is 31.1 Å². The van der Waals surface area contributed by atoms with Gasteiger partial charge in [0.15, 0.2) is 5.82 Å². The van der Waals surface area contributed by atoms with Crippen LogP contribution in [0.25, 0.3) is 27.7 Å². The summed E-state index contributed by atoms with van der Waals surface area (Å²) in [6.07, 6.45) is 1.51. The Labute approximate surface area is 243 Å². The van der Waals surface area contributed by atoms with Crippen LogP contribution in [0.4, 0.5) is 5.82 Å². The third kappa shape index (κ3) is 5.20. The van der Waals surface area contributed by atoms with Crippen LogP contribution in [0.1, 0.15) is 43.5 Å². The smallest absolute Gasteiger partial charge is 0.277 e. The fraction of sp³-hybridized carbons (Fsp3) is 0.300. The van der Waals surface area contributed by atoms with Crippen molar-refractivity contribution in [2.75, 3.05) is 17.6 Å². The van der Waals surface area contributed by atoms with Gasteiger partial charge in [-0.3, -0.25) is 14.3 Å².